The summed E-state index contributed by atoms with van der Waals surface area (Å²) in [7, 11) is 0. The molecule has 1 unspecified atom stereocenters. The monoisotopic (exact) mass is 251 g/mol. The van der Waals surface area contributed by atoms with Crippen LogP contribution in [0, 0.1) is 0 Å². The Balaban J connectivity index is 0.000000980. The van der Waals surface area contributed by atoms with Crippen molar-refractivity contribution >= 4 is 35.6 Å². The predicted octanol–water partition coefficient (Wildman–Crippen LogP) is 3.84. The molecule has 1 atom stereocenters. The van der Waals surface area contributed by atoms with Gasteiger partial charge in [0.15, 0.2) is 0 Å². The Labute approximate surface area is 100 Å². The molecule has 0 aliphatic carbocycles. The molecular formula is C10H12Cl3N. The molecule has 14 heavy (non-hydrogen) atoms. The second-order valence-electron chi connectivity index (χ2n) is 3.29. The summed E-state index contributed by atoms with van der Waals surface area (Å²) in [6.45, 7) is 1.08. The third-order valence-electron chi connectivity index (χ3n) is 2.42. The van der Waals surface area contributed by atoms with E-state index in [2.05, 4.69) is 5.32 Å². The van der Waals surface area contributed by atoms with Gasteiger partial charge in [0.1, 0.15) is 0 Å². The molecule has 1 N–H and O–H groups in total. The van der Waals surface area contributed by atoms with E-state index in [1.54, 1.807) is 0 Å². The topological polar surface area (TPSA) is 12.0 Å². The molecule has 2 rings (SSSR count). The van der Waals surface area contributed by atoms with Gasteiger partial charge < -0.3 is 5.32 Å². The first kappa shape index (κ1) is 12.1. The van der Waals surface area contributed by atoms with Crippen molar-refractivity contribution in [1.82, 2.24) is 5.32 Å². The van der Waals surface area contributed by atoms with E-state index in [4.69, 9.17) is 23.2 Å². The second-order valence-corrected chi connectivity index (χ2v) is 4.08. The van der Waals surface area contributed by atoms with Gasteiger partial charge in [0.2, 0.25) is 0 Å². The van der Waals surface area contributed by atoms with E-state index < -0.39 is 0 Å². The van der Waals surface area contributed by atoms with Gasteiger partial charge in [-0.25, -0.2) is 0 Å². The smallest absolute Gasteiger partial charge is 0.0640 e. The van der Waals surface area contributed by atoms with Crippen LogP contribution in [-0.4, -0.2) is 6.54 Å². The molecule has 1 heterocycles. The molecule has 0 radical (unpaired) electrons. The number of hydrogen-bond donors (Lipinski definition) is 1. The van der Waals surface area contributed by atoms with Crippen molar-refractivity contribution in [3.05, 3.63) is 33.8 Å². The Hall–Kier alpha value is 0.0500. The summed E-state index contributed by atoms with van der Waals surface area (Å²) in [5.74, 6) is 0. The fourth-order valence-electron chi connectivity index (χ4n) is 1.74. The molecule has 1 nitrogen and oxygen atoms in total. The number of halogens is 3. The molecule has 1 aliphatic heterocycles. The molecule has 78 valence electrons. The minimum atomic E-state index is 0. The van der Waals surface area contributed by atoms with Gasteiger partial charge in [-0.3, -0.25) is 0 Å². The number of rotatable bonds is 1. The molecule has 0 amide bonds. The van der Waals surface area contributed by atoms with Gasteiger partial charge in [-0.15, -0.1) is 12.4 Å². The molecule has 0 saturated carbocycles. The molecule has 1 fully saturated rings. The van der Waals surface area contributed by atoms with Gasteiger partial charge in [-0.2, -0.15) is 0 Å². The summed E-state index contributed by atoms with van der Waals surface area (Å²) in [5, 5.41) is 4.74. The van der Waals surface area contributed by atoms with Crippen molar-refractivity contribution in [3.8, 4) is 0 Å². The van der Waals surface area contributed by atoms with Crippen molar-refractivity contribution in [2.45, 2.75) is 18.9 Å². The summed E-state index contributed by atoms with van der Waals surface area (Å²) >= 11 is 12.0. The van der Waals surface area contributed by atoms with Crippen molar-refractivity contribution < 1.29 is 0 Å². The van der Waals surface area contributed by atoms with Gasteiger partial charge >= 0.3 is 0 Å². The summed E-state index contributed by atoms with van der Waals surface area (Å²) < 4.78 is 0. The number of benzene rings is 1. The van der Waals surface area contributed by atoms with E-state index in [0.717, 1.165) is 18.5 Å². The van der Waals surface area contributed by atoms with Gasteiger partial charge in [0.05, 0.1) is 10.0 Å². The van der Waals surface area contributed by atoms with E-state index in [1.165, 1.54) is 6.42 Å². The standard InChI is InChI=1S/C10H11Cl2N.ClH/c11-8-4-1-3-7(10(8)12)9-5-2-6-13-9;/h1,3-4,9,13H,2,5-6H2;1H. The lowest BCUT2D eigenvalue weighted by Gasteiger charge is -2.12. The number of nitrogens with one attached hydrogen (secondary N) is 1. The molecule has 1 aromatic carbocycles. The summed E-state index contributed by atoms with van der Waals surface area (Å²) in [6, 6.07) is 6.20. The lowest BCUT2D eigenvalue weighted by molar-refractivity contribution is 0.648. The molecule has 1 aromatic rings. The Morgan fingerprint density at radius 3 is 2.71 bits per heavy atom. The van der Waals surface area contributed by atoms with E-state index in [-0.39, 0.29) is 12.4 Å². The summed E-state index contributed by atoms with van der Waals surface area (Å²) in [4.78, 5) is 0. The fourth-order valence-corrected chi connectivity index (χ4v) is 2.18. The molecule has 1 aliphatic rings. The third-order valence-corrected chi connectivity index (χ3v) is 3.25. The Bertz CT molecular complexity index is 308. The highest BCUT2D eigenvalue weighted by atomic mass is 35.5. The van der Waals surface area contributed by atoms with Crippen LogP contribution in [0.25, 0.3) is 0 Å². The molecule has 1 saturated heterocycles. The van der Waals surface area contributed by atoms with Crippen LogP contribution in [0.1, 0.15) is 24.4 Å². The highest BCUT2D eigenvalue weighted by Gasteiger charge is 2.19. The van der Waals surface area contributed by atoms with Crippen LogP contribution in [-0.2, 0) is 0 Å². The summed E-state index contributed by atoms with van der Waals surface area (Å²) in [6.07, 6.45) is 2.37. The molecule has 4 heteroatoms. The third kappa shape index (κ3) is 2.34. The van der Waals surface area contributed by atoms with Crippen molar-refractivity contribution in [2.75, 3.05) is 6.54 Å². The van der Waals surface area contributed by atoms with E-state index in [1.807, 2.05) is 18.2 Å². The van der Waals surface area contributed by atoms with Crippen LogP contribution in [0.5, 0.6) is 0 Å². The Morgan fingerprint density at radius 2 is 2.07 bits per heavy atom. The molecule has 0 aromatic heterocycles. The zero-order chi connectivity index (χ0) is 9.26. The van der Waals surface area contributed by atoms with E-state index in [9.17, 15) is 0 Å². The minimum Gasteiger partial charge on any atom is -0.310 e. The van der Waals surface area contributed by atoms with Crippen molar-refractivity contribution in [3.63, 3.8) is 0 Å². The van der Waals surface area contributed by atoms with Crippen LogP contribution >= 0.6 is 35.6 Å². The van der Waals surface area contributed by atoms with Crippen LogP contribution in [0.2, 0.25) is 10.0 Å². The molecule has 0 spiro atoms. The van der Waals surface area contributed by atoms with E-state index >= 15 is 0 Å². The lowest BCUT2D eigenvalue weighted by atomic mass is 10.1. The minimum absolute atomic E-state index is 0. The van der Waals surface area contributed by atoms with Crippen LogP contribution in [0.15, 0.2) is 18.2 Å². The van der Waals surface area contributed by atoms with Crippen LogP contribution < -0.4 is 5.32 Å². The first-order chi connectivity index (χ1) is 6.29. The normalized spacial score (nSPS) is 20.6. The van der Waals surface area contributed by atoms with Crippen molar-refractivity contribution in [2.24, 2.45) is 0 Å². The predicted molar refractivity (Wildman–Crippen MR) is 63.7 cm³/mol. The maximum atomic E-state index is 6.10. The van der Waals surface area contributed by atoms with Gasteiger partial charge in [-0.05, 0) is 31.0 Å². The molecular weight excluding hydrogens is 240 g/mol. The Kier molecular flexibility index (Phi) is 4.52. The SMILES string of the molecule is Cl.Clc1cccc(C2CCCN2)c1Cl. The first-order valence-electron chi connectivity index (χ1n) is 4.46. The highest BCUT2D eigenvalue weighted by Crippen LogP contribution is 2.33. The van der Waals surface area contributed by atoms with Crippen molar-refractivity contribution in [1.29, 1.82) is 0 Å². The molecule has 0 bridgehead atoms. The lowest BCUT2D eigenvalue weighted by Crippen LogP contribution is -2.13. The van der Waals surface area contributed by atoms with Gasteiger partial charge in [0, 0.05) is 6.04 Å². The first-order valence-corrected chi connectivity index (χ1v) is 5.22. The maximum absolute atomic E-state index is 6.10. The Morgan fingerprint density at radius 1 is 1.29 bits per heavy atom. The second kappa shape index (κ2) is 5.22. The zero-order valence-corrected chi connectivity index (χ0v) is 9.92. The zero-order valence-electron chi connectivity index (χ0n) is 7.59. The van der Waals surface area contributed by atoms with Gasteiger partial charge in [-0.1, -0.05) is 35.3 Å². The van der Waals surface area contributed by atoms with E-state index in [0.29, 0.717) is 16.1 Å². The average molecular weight is 253 g/mol. The van der Waals surface area contributed by atoms with Crippen LogP contribution in [0.3, 0.4) is 0 Å². The maximum Gasteiger partial charge on any atom is 0.0640 e. The number of hydrogen-bond acceptors (Lipinski definition) is 1. The fraction of sp³-hybridized carbons (Fsp3) is 0.400. The highest BCUT2D eigenvalue weighted by molar-refractivity contribution is 6.42. The van der Waals surface area contributed by atoms with Crippen LogP contribution in [0.4, 0.5) is 0 Å². The largest absolute Gasteiger partial charge is 0.310 e. The summed E-state index contributed by atoms with van der Waals surface area (Å²) in [5.41, 5.74) is 1.13. The average Bonchev–Trinajstić information content (AvgIpc) is 2.62. The quantitative estimate of drug-likeness (QED) is 0.801. The van der Waals surface area contributed by atoms with Gasteiger partial charge in [0.25, 0.3) is 0 Å².